The Morgan fingerprint density at radius 3 is 2.72 bits per heavy atom. The molecule has 0 aliphatic carbocycles. The van der Waals surface area contributed by atoms with Gasteiger partial charge in [0.05, 0.1) is 12.5 Å². The Morgan fingerprint density at radius 2 is 2.17 bits per heavy atom. The maximum Gasteiger partial charge on any atom is 0.306 e. The zero-order chi connectivity index (χ0) is 13.0. The molecule has 0 radical (unpaired) electrons. The Morgan fingerprint density at radius 1 is 1.44 bits per heavy atom. The summed E-state index contributed by atoms with van der Waals surface area (Å²) in [6.07, 6.45) is 1.11. The molecule has 1 aromatic rings. The Bertz CT molecular complexity index is 411. The third-order valence-corrected chi connectivity index (χ3v) is 3.85. The molecular weight excluding hydrogens is 252 g/mol. The Balaban J connectivity index is 1.75. The van der Waals surface area contributed by atoms with Gasteiger partial charge in [0.15, 0.2) is 0 Å². The van der Waals surface area contributed by atoms with Gasteiger partial charge in [0, 0.05) is 24.2 Å². The van der Waals surface area contributed by atoms with Gasteiger partial charge in [0.2, 0.25) is 5.91 Å². The number of aliphatic carboxylic acids is 1. The van der Waals surface area contributed by atoms with Crippen molar-refractivity contribution in [1.82, 2.24) is 4.90 Å². The molecule has 0 spiro atoms. The van der Waals surface area contributed by atoms with Gasteiger partial charge in [0.1, 0.15) is 0 Å². The average Bonchev–Trinajstić information content (AvgIpc) is 2.89. The lowest BCUT2D eigenvalue weighted by Crippen LogP contribution is -2.42. The maximum absolute atomic E-state index is 11.9. The Kier molecular flexibility index (Phi) is 4.19. The van der Waals surface area contributed by atoms with Gasteiger partial charge in [-0.2, -0.15) is 11.3 Å². The molecule has 0 aromatic carbocycles. The molecule has 1 aliphatic rings. The molecule has 1 fully saturated rings. The number of carboxylic acids is 1. The van der Waals surface area contributed by atoms with Gasteiger partial charge >= 0.3 is 5.97 Å². The fourth-order valence-electron chi connectivity index (χ4n) is 2.03. The minimum absolute atomic E-state index is 0.0324. The van der Waals surface area contributed by atoms with Crippen molar-refractivity contribution in [1.29, 1.82) is 0 Å². The summed E-state index contributed by atoms with van der Waals surface area (Å²) in [6.45, 7) is 1.36. The van der Waals surface area contributed by atoms with Crippen LogP contribution in [0.25, 0.3) is 0 Å². The van der Waals surface area contributed by atoms with E-state index in [1.165, 1.54) is 0 Å². The van der Waals surface area contributed by atoms with Crippen molar-refractivity contribution in [2.75, 3.05) is 25.0 Å². The van der Waals surface area contributed by atoms with Crippen LogP contribution >= 0.6 is 11.3 Å². The van der Waals surface area contributed by atoms with Gasteiger partial charge < -0.3 is 15.3 Å². The molecule has 0 saturated carbocycles. The predicted molar refractivity (Wildman–Crippen MR) is 69.7 cm³/mol. The summed E-state index contributed by atoms with van der Waals surface area (Å²) in [5.74, 6) is -1.01. The third kappa shape index (κ3) is 3.22. The number of hydrogen-bond donors (Lipinski definition) is 2. The third-order valence-electron chi connectivity index (χ3n) is 3.16. The maximum atomic E-state index is 11.9. The van der Waals surface area contributed by atoms with Gasteiger partial charge in [-0.15, -0.1) is 0 Å². The molecule has 1 aliphatic heterocycles. The van der Waals surface area contributed by atoms with Crippen LogP contribution in [0.3, 0.4) is 0 Å². The number of carboxylic acid groups (broad SMARTS) is 1. The average molecular weight is 268 g/mol. The van der Waals surface area contributed by atoms with E-state index in [9.17, 15) is 9.59 Å². The number of nitrogens with one attached hydrogen (secondary N) is 1. The number of carbonyl (C=O) groups excluding carboxylic acids is 1. The van der Waals surface area contributed by atoms with Gasteiger partial charge in [-0.05, 0) is 24.3 Å². The molecule has 5 nitrogen and oxygen atoms in total. The van der Waals surface area contributed by atoms with Crippen molar-refractivity contribution in [3.05, 3.63) is 16.8 Å². The highest BCUT2D eigenvalue weighted by Crippen LogP contribution is 2.17. The molecule has 6 heteroatoms. The molecule has 0 unspecified atom stereocenters. The second kappa shape index (κ2) is 5.86. The Labute approximate surface area is 109 Å². The number of amides is 1. The highest BCUT2D eigenvalue weighted by molar-refractivity contribution is 7.08. The first-order valence-corrected chi connectivity index (χ1v) is 6.88. The molecule has 1 amide bonds. The highest BCUT2D eigenvalue weighted by atomic mass is 32.1. The van der Waals surface area contributed by atoms with E-state index in [1.807, 2.05) is 16.8 Å². The molecule has 1 saturated heterocycles. The van der Waals surface area contributed by atoms with Gasteiger partial charge in [-0.25, -0.2) is 0 Å². The number of carbonyl (C=O) groups is 2. The van der Waals surface area contributed by atoms with Crippen LogP contribution in [0.15, 0.2) is 16.8 Å². The van der Waals surface area contributed by atoms with Crippen LogP contribution in [-0.4, -0.2) is 41.5 Å². The fourth-order valence-corrected chi connectivity index (χ4v) is 2.64. The number of likely N-dealkylation sites (tertiary alicyclic amines) is 1. The first-order valence-electron chi connectivity index (χ1n) is 5.93. The largest absolute Gasteiger partial charge is 0.481 e. The minimum Gasteiger partial charge on any atom is -0.481 e. The molecular formula is C12H16N2O3S. The van der Waals surface area contributed by atoms with Gasteiger partial charge in [0.25, 0.3) is 0 Å². The summed E-state index contributed by atoms with van der Waals surface area (Å²) in [5, 5.41) is 15.8. The van der Waals surface area contributed by atoms with Crippen LogP contribution in [0, 0.1) is 5.92 Å². The van der Waals surface area contributed by atoms with E-state index < -0.39 is 5.97 Å². The zero-order valence-electron chi connectivity index (χ0n) is 9.96. The van der Waals surface area contributed by atoms with E-state index in [2.05, 4.69) is 5.32 Å². The number of rotatable bonds is 4. The van der Waals surface area contributed by atoms with E-state index in [4.69, 9.17) is 5.11 Å². The predicted octanol–water partition coefficient (Wildman–Crippen LogP) is 1.48. The van der Waals surface area contributed by atoms with Crippen molar-refractivity contribution in [2.45, 2.75) is 12.8 Å². The van der Waals surface area contributed by atoms with Crippen molar-refractivity contribution in [3.63, 3.8) is 0 Å². The Hall–Kier alpha value is -1.56. The first-order chi connectivity index (χ1) is 8.66. The zero-order valence-corrected chi connectivity index (χ0v) is 10.8. The van der Waals surface area contributed by atoms with E-state index in [1.54, 1.807) is 16.2 Å². The monoisotopic (exact) mass is 268 g/mol. The van der Waals surface area contributed by atoms with E-state index in [0.29, 0.717) is 25.9 Å². The van der Waals surface area contributed by atoms with Crippen LogP contribution in [0.2, 0.25) is 0 Å². The number of hydrogen-bond acceptors (Lipinski definition) is 4. The molecule has 2 rings (SSSR count). The molecule has 0 bridgehead atoms. The smallest absolute Gasteiger partial charge is 0.306 e. The lowest BCUT2D eigenvalue weighted by Gasteiger charge is -2.30. The summed E-state index contributed by atoms with van der Waals surface area (Å²) in [5.41, 5.74) is 0.953. The van der Waals surface area contributed by atoms with Crippen LogP contribution in [0.5, 0.6) is 0 Å². The lowest BCUT2D eigenvalue weighted by atomic mass is 9.97. The number of thiophene rings is 1. The second-order valence-electron chi connectivity index (χ2n) is 4.36. The van der Waals surface area contributed by atoms with Crippen molar-refractivity contribution < 1.29 is 14.7 Å². The van der Waals surface area contributed by atoms with E-state index >= 15 is 0 Å². The van der Waals surface area contributed by atoms with E-state index in [0.717, 1.165) is 5.69 Å². The molecule has 18 heavy (non-hydrogen) atoms. The van der Waals surface area contributed by atoms with Crippen LogP contribution < -0.4 is 5.32 Å². The first kappa shape index (κ1) is 12.9. The number of nitrogens with zero attached hydrogens (tertiary/aromatic N) is 1. The summed E-state index contributed by atoms with van der Waals surface area (Å²) in [4.78, 5) is 24.4. The highest BCUT2D eigenvalue weighted by Gasteiger charge is 2.26. The van der Waals surface area contributed by atoms with E-state index in [-0.39, 0.29) is 18.4 Å². The van der Waals surface area contributed by atoms with Crippen molar-refractivity contribution in [3.8, 4) is 0 Å². The summed E-state index contributed by atoms with van der Waals surface area (Å²) in [6, 6.07) is 1.93. The number of anilines is 1. The van der Waals surface area contributed by atoms with Crippen molar-refractivity contribution in [2.24, 2.45) is 5.92 Å². The summed E-state index contributed by atoms with van der Waals surface area (Å²) in [7, 11) is 0. The number of piperidine rings is 1. The molecule has 0 atom stereocenters. The SMILES string of the molecule is O=C(O)C1CCN(C(=O)CNc2ccsc2)CC1. The van der Waals surface area contributed by atoms with Gasteiger partial charge in [-0.3, -0.25) is 9.59 Å². The molecule has 2 heterocycles. The standard InChI is InChI=1S/C12H16N2O3S/c15-11(7-13-10-3-6-18-8-10)14-4-1-9(2-5-14)12(16)17/h3,6,8-9,13H,1-2,4-5,7H2,(H,16,17). The lowest BCUT2D eigenvalue weighted by molar-refractivity contribution is -0.145. The molecule has 1 aromatic heterocycles. The normalized spacial score (nSPS) is 16.6. The minimum atomic E-state index is -0.751. The second-order valence-corrected chi connectivity index (χ2v) is 5.14. The molecule has 2 N–H and O–H groups in total. The van der Waals surface area contributed by atoms with Crippen LogP contribution in [0.4, 0.5) is 5.69 Å². The fraction of sp³-hybridized carbons (Fsp3) is 0.500. The van der Waals surface area contributed by atoms with Crippen LogP contribution in [-0.2, 0) is 9.59 Å². The molecule has 98 valence electrons. The summed E-state index contributed by atoms with van der Waals surface area (Å²) >= 11 is 1.58. The summed E-state index contributed by atoms with van der Waals surface area (Å²) < 4.78 is 0. The van der Waals surface area contributed by atoms with Crippen molar-refractivity contribution >= 4 is 28.9 Å². The quantitative estimate of drug-likeness (QED) is 0.868. The topological polar surface area (TPSA) is 69.6 Å². The van der Waals surface area contributed by atoms with Crippen LogP contribution in [0.1, 0.15) is 12.8 Å². The van der Waals surface area contributed by atoms with Gasteiger partial charge in [-0.1, -0.05) is 0 Å².